The van der Waals surface area contributed by atoms with Gasteiger partial charge in [-0.2, -0.15) is 0 Å². The van der Waals surface area contributed by atoms with E-state index in [2.05, 4.69) is 0 Å². The van der Waals surface area contributed by atoms with Crippen molar-refractivity contribution in [2.75, 3.05) is 12.3 Å². The molecular formula is C10H12N2O3. The summed E-state index contributed by atoms with van der Waals surface area (Å²) in [4.78, 5) is 22.0. The number of Topliss-reactive ketones (excluding diaryl/α,β-unsaturated/α-hetero) is 1. The van der Waals surface area contributed by atoms with E-state index in [4.69, 9.17) is 16.2 Å². The lowest BCUT2D eigenvalue weighted by atomic mass is 10.1. The third kappa shape index (κ3) is 2.78. The molecule has 0 radical (unpaired) electrons. The fourth-order valence-electron chi connectivity index (χ4n) is 1.12. The van der Waals surface area contributed by atoms with E-state index in [1.807, 2.05) is 0 Å². The van der Waals surface area contributed by atoms with Crippen LogP contribution in [0.2, 0.25) is 0 Å². The Labute approximate surface area is 87.0 Å². The summed E-state index contributed by atoms with van der Waals surface area (Å²) in [7, 11) is 0. The van der Waals surface area contributed by atoms with Gasteiger partial charge in [-0.05, 0) is 18.2 Å². The molecule has 0 amide bonds. The lowest BCUT2D eigenvalue weighted by Gasteiger charge is -2.06. The van der Waals surface area contributed by atoms with Crippen LogP contribution in [0.1, 0.15) is 17.3 Å². The highest BCUT2D eigenvalue weighted by Gasteiger charge is 2.10. The van der Waals surface area contributed by atoms with Crippen molar-refractivity contribution in [2.45, 2.75) is 6.92 Å². The van der Waals surface area contributed by atoms with Gasteiger partial charge in [0, 0.05) is 18.2 Å². The number of ketones is 1. The van der Waals surface area contributed by atoms with Crippen molar-refractivity contribution in [2.24, 2.45) is 5.73 Å². The molecule has 1 rings (SSSR count). The lowest BCUT2D eigenvalue weighted by molar-refractivity contribution is -0.131. The van der Waals surface area contributed by atoms with Crippen molar-refractivity contribution in [3.05, 3.63) is 23.8 Å². The highest BCUT2D eigenvalue weighted by atomic mass is 16.5. The van der Waals surface area contributed by atoms with Crippen LogP contribution in [0.25, 0.3) is 0 Å². The highest BCUT2D eigenvalue weighted by molar-refractivity contribution is 6.02. The summed E-state index contributed by atoms with van der Waals surface area (Å²) in [6, 6.07) is 4.43. The minimum Gasteiger partial charge on any atom is -0.427 e. The Balaban J connectivity index is 3.05. The molecule has 0 fully saturated rings. The Morgan fingerprint density at radius 3 is 2.60 bits per heavy atom. The smallest absolute Gasteiger partial charge is 0.308 e. The number of benzene rings is 1. The molecule has 0 aliphatic carbocycles. The van der Waals surface area contributed by atoms with E-state index in [1.165, 1.54) is 25.1 Å². The van der Waals surface area contributed by atoms with E-state index < -0.39 is 5.97 Å². The fourth-order valence-corrected chi connectivity index (χ4v) is 1.12. The zero-order chi connectivity index (χ0) is 11.4. The molecule has 0 aromatic heterocycles. The average Bonchev–Trinajstić information content (AvgIpc) is 2.19. The fraction of sp³-hybridized carbons (Fsp3) is 0.200. The van der Waals surface area contributed by atoms with E-state index in [-0.39, 0.29) is 23.6 Å². The van der Waals surface area contributed by atoms with Crippen LogP contribution in [-0.2, 0) is 4.79 Å². The summed E-state index contributed by atoms with van der Waals surface area (Å²) in [5, 5.41) is 0. The number of rotatable bonds is 3. The van der Waals surface area contributed by atoms with Gasteiger partial charge in [0.05, 0.1) is 6.54 Å². The van der Waals surface area contributed by atoms with E-state index in [0.717, 1.165) is 0 Å². The van der Waals surface area contributed by atoms with Gasteiger partial charge in [0.25, 0.3) is 0 Å². The minimum absolute atomic E-state index is 0.131. The zero-order valence-electron chi connectivity index (χ0n) is 8.32. The van der Waals surface area contributed by atoms with Crippen LogP contribution in [0.3, 0.4) is 0 Å². The number of carbonyl (C=O) groups is 2. The molecule has 1 aromatic rings. The first-order valence-electron chi connectivity index (χ1n) is 4.36. The van der Waals surface area contributed by atoms with E-state index in [9.17, 15) is 9.59 Å². The van der Waals surface area contributed by atoms with Crippen molar-refractivity contribution in [3.8, 4) is 5.75 Å². The molecule has 0 aliphatic rings. The van der Waals surface area contributed by atoms with Gasteiger partial charge < -0.3 is 16.2 Å². The van der Waals surface area contributed by atoms with Crippen molar-refractivity contribution >= 4 is 17.4 Å². The Hall–Kier alpha value is -1.88. The highest BCUT2D eigenvalue weighted by Crippen LogP contribution is 2.20. The monoisotopic (exact) mass is 208 g/mol. The van der Waals surface area contributed by atoms with E-state index in [0.29, 0.717) is 5.69 Å². The molecule has 0 atom stereocenters. The molecule has 1 aromatic carbocycles. The van der Waals surface area contributed by atoms with Crippen LogP contribution in [-0.4, -0.2) is 18.3 Å². The molecular weight excluding hydrogens is 196 g/mol. The first-order chi connectivity index (χ1) is 7.04. The van der Waals surface area contributed by atoms with Crippen LogP contribution in [0.15, 0.2) is 18.2 Å². The van der Waals surface area contributed by atoms with Gasteiger partial charge in [-0.15, -0.1) is 0 Å². The van der Waals surface area contributed by atoms with Gasteiger partial charge in [-0.3, -0.25) is 9.59 Å². The third-order valence-electron chi connectivity index (χ3n) is 1.77. The summed E-state index contributed by atoms with van der Waals surface area (Å²) in [5.41, 5.74) is 11.4. The molecule has 0 bridgehead atoms. The Kier molecular flexibility index (Phi) is 3.41. The standard InChI is InChI=1S/C10H12N2O3/c1-6(13)15-7-2-3-9(12)8(4-7)10(14)5-11/h2-4H,5,11-12H2,1H3. The molecule has 5 nitrogen and oxygen atoms in total. The molecule has 0 spiro atoms. The van der Waals surface area contributed by atoms with Gasteiger partial charge in [-0.1, -0.05) is 0 Å². The van der Waals surface area contributed by atoms with Crippen LogP contribution in [0.5, 0.6) is 5.75 Å². The number of esters is 1. The normalized spacial score (nSPS) is 9.73. The van der Waals surface area contributed by atoms with Gasteiger partial charge in [0.2, 0.25) is 0 Å². The predicted molar refractivity (Wildman–Crippen MR) is 55.5 cm³/mol. The van der Waals surface area contributed by atoms with Crippen LogP contribution in [0.4, 0.5) is 5.69 Å². The second-order valence-electron chi connectivity index (χ2n) is 2.97. The van der Waals surface area contributed by atoms with Crippen LogP contribution < -0.4 is 16.2 Å². The molecule has 4 N–H and O–H groups in total. The average molecular weight is 208 g/mol. The quantitative estimate of drug-likeness (QED) is 0.323. The number of ether oxygens (including phenoxy) is 1. The maximum absolute atomic E-state index is 11.3. The summed E-state index contributed by atoms with van der Waals surface area (Å²) in [6.45, 7) is 1.15. The SMILES string of the molecule is CC(=O)Oc1ccc(N)c(C(=O)CN)c1. The van der Waals surface area contributed by atoms with Crippen molar-refractivity contribution < 1.29 is 14.3 Å². The lowest BCUT2D eigenvalue weighted by Crippen LogP contribution is -2.15. The Morgan fingerprint density at radius 1 is 1.40 bits per heavy atom. The van der Waals surface area contributed by atoms with Crippen molar-refractivity contribution in [1.29, 1.82) is 0 Å². The van der Waals surface area contributed by atoms with Crippen molar-refractivity contribution in [3.63, 3.8) is 0 Å². The Bertz CT molecular complexity index is 402. The minimum atomic E-state index is -0.453. The summed E-state index contributed by atoms with van der Waals surface area (Å²) < 4.78 is 4.82. The molecule has 0 saturated heterocycles. The van der Waals surface area contributed by atoms with E-state index in [1.54, 1.807) is 0 Å². The number of hydrogen-bond acceptors (Lipinski definition) is 5. The molecule has 0 aliphatic heterocycles. The molecule has 80 valence electrons. The maximum atomic E-state index is 11.3. The largest absolute Gasteiger partial charge is 0.427 e. The van der Waals surface area contributed by atoms with E-state index >= 15 is 0 Å². The molecule has 0 heterocycles. The van der Waals surface area contributed by atoms with Gasteiger partial charge >= 0.3 is 5.97 Å². The van der Waals surface area contributed by atoms with Crippen LogP contribution >= 0.6 is 0 Å². The second kappa shape index (κ2) is 4.56. The number of nitrogens with two attached hydrogens (primary N) is 2. The predicted octanol–water partition coefficient (Wildman–Crippen LogP) is 0.336. The summed E-state index contributed by atoms with van der Waals surface area (Å²) in [6.07, 6.45) is 0. The van der Waals surface area contributed by atoms with Crippen molar-refractivity contribution in [1.82, 2.24) is 0 Å². The number of carbonyl (C=O) groups excluding carboxylic acids is 2. The molecule has 0 unspecified atom stereocenters. The van der Waals surface area contributed by atoms with Gasteiger partial charge in [0.15, 0.2) is 5.78 Å². The third-order valence-corrected chi connectivity index (χ3v) is 1.77. The topological polar surface area (TPSA) is 95.4 Å². The summed E-state index contributed by atoms with van der Waals surface area (Å²) in [5.74, 6) is -0.457. The first kappa shape index (κ1) is 11.2. The Morgan fingerprint density at radius 2 is 2.07 bits per heavy atom. The van der Waals surface area contributed by atoms with Crippen LogP contribution in [0, 0.1) is 0 Å². The first-order valence-corrected chi connectivity index (χ1v) is 4.36. The number of anilines is 1. The second-order valence-corrected chi connectivity index (χ2v) is 2.97. The van der Waals surface area contributed by atoms with Gasteiger partial charge in [-0.25, -0.2) is 0 Å². The summed E-state index contributed by atoms with van der Waals surface area (Å²) >= 11 is 0. The van der Waals surface area contributed by atoms with Gasteiger partial charge in [0.1, 0.15) is 5.75 Å². The number of nitrogen functional groups attached to an aromatic ring is 1. The number of hydrogen-bond donors (Lipinski definition) is 2. The zero-order valence-corrected chi connectivity index (χ0v) is 8.32. The molecule has 5 heteroatoms. The molecule has 15 heavy (non-hydrogen) atoms. The molecule has 0 saturated carbocycles. The maximum Gasteiger partial charge on any atom is 0.308 e.